The molecule has 1 aromatic rings. The van der Waals surface area contributed by atoms with Crippen LogP contribution in [0.2, 0.25) is 0 Å². The van der Waals surface area contributed by atoms with Crippen molar-refractivity contribution in [2.45, 2.75) is 38.5 Å². The molecule has 0 radical (unpaired) electrons. The largest absolute Gasteiger partial charge is 0.130 e. The van der Waals surface area contributed by atoms with Crippen molar-refractivity contribution < 1.29 is 0 Å². The molecule has 0 aliphatic heterocycles. The molecule has 0 unspecified atom stereocenters. The van der Waals surface area contributed by atoms with Crippen molar-refractivity contribution in [3.8, 4) is 0 Å². The van der Waals surface area contributed by atoms with Crippen molar-refractivity contribution in [3.63, 3.8) is 0 Å². The van der Waals surface area contributed by atoms with E-state index < -0.39 is 0 Å². The number of rotatable bonds is 4. The molecular weight excluding hydrogens is 188 g/mol. The Morgan fingerprint density at radius 1 is 1.14 bits per heavy atom. The maximum atomic E-state index is 2.33. The highest BCUT2D eigenvalue weighted by Crippen LogP contribution is 2.26. The van der Waals surface area contributed by atoms with Crippen LogP contribution in [0.5, 0.6) is 0 Å². The molecule has 0 amide bonds. The van der Waals surface area contributed by atoms with E-state index in [-0.39, 0.29) is 0 Å². The molecule has 0 atom stereocenters. The van der Waals surface area contributed by atoms with Crippen LogP contribution in [-0.4, -0.2) is 6.26 Å². The zero-order valence-electron chi connectivity index (χ0n) is 9.63. The van der Waals surface area contributed by atoms with Crippen molar-refractivity contribution in [1.29, 1.82) is 0 Å². The molecule has 0 spiro atoms. The molecule has 0 aromatic heterocycles. The van der Waals surface area contributed by atoms with Gasteiger partial charge in [-0.05, 0) is 35.8 Å². The molecule has 0 aliphatic rings. The Hall–Kier alpha value is -0.430. The number of hydrogen-bond acceptors (Lipinski definition) is 1. The Labute approximate surface area is 92.1 Å². The van der Waals surface area contributed by atoms with Gasteiger partial charge in [-0.1, -0.05) is 39.3 Å². The van der Waals surface area contributed by atoms with Gasteiger partial charge in [0.25, 0.3) is 0 Å². The topological polar surface area (TPSA) is 0 Å². The standard InChI is InChI=1S/C13H20S/c1-5-13(2,3)10-11-6-8-12(14-4)9-7-11/h6-9H,5,10H2,1-4H3. The van der Waals surface area contributed by atoms with Gasteiger partial charge in [-0.25, -0.2) is 0 Å². The predicted octanol–water partition coefficient (Wildman–Crippen LogP) is 4.39. The highest BCUT2D eigenvalue weighted by molar-refractivity contribution is 7.98. The van der Waals surface area contributed by atoms with E-state index in [0.717, 1.165) is 0 Å². The first-order chi connectivity index (χ1) is 6.57. The Kier molecular flexibility index (Phi) is 4.06. The molecule has 0 aliphatic carbocycles. The van der Waals surface area contributed by atoms with Crippen LogP contribution in [0.25, 0.3) is 0 Å². The van der Waals surface area contributed by atoms with Gasteiger partial charge in [0.05, 0.1) is 0 Å². The lowest BCUT2D eigenvalue weighted by Gasteiger charge is -2.22. The van der Waals surface area contributed by atoms with Crippen LogP contribution < -0.4 is 0 Å². The molecule has 14 heavy (non-hydrogen) atoms. The van der Waals surface area contributed by atoms with Crippen LogP contribution in [0.15, 0.2) is 29.2 Å². The second-order valence-electron chi connectivity index (χ2n) is 4.54. The second-order valence-corrected chi connectivity index (χ2v) is 5.42. The third-order valence-electron chi connectivity index (χ3n) is 2.80. The summed E-state index contributed by atoms with van der Waals surface area (Å²) in [6.45, 7) is 6.92. The molecule has 0 fully saturated rings. The summed E-state index contributed by atoms with van der Waals surface area (Å²) in [5.74, 6) is 0. The minimum Gasteiger partial charge on any atom is -0.130 e. The van der Waals surface area contributed by atoms with Crippen molar-refractivity contribution >= 4 is 11.8 Å². The van der Waals surface area contributed by atoms with E-state index in [1.54, 1.807) is 11.8 Å². The summed E-state index contributed by atoms with van der Waals surface area (Å²) in [7, 11) is 0. The molecule has 0 saturated heterocycles. The van der Waals surface area contributed by atoms with Gasteiger partial charge >= 0.3 is 0 Å². The Morgan fingerprint density at radius 2 is 1.71 bits per heavy atom. The van der Waals surface area contributed by atoms with Crippen LogP contribution in [0.3, 0.4) is 0 Å². The Morgan fingerprint density at radius 3 is 2.14 bits per heavy atom. The van der Waals surface area contributed by atoms with Gasteiger partial charge in [0.1, 0.15) is 0 Å². The summed E-state index contributed by atoms with van der Waals surface area (Å²) in [5.41, 5.74) is 1.88. The van der Waals surface area contributed by atoms with E-state index in [0.29, 0.717) is 5.41 Å². The Balaban J connectivity index is 2.69. The highest BCUT2D eigenvalue weighted by atomic mass is 32.2. The van der Waals surface area contributed by atoms with Crippen molar-refractivity contribution in [1.82, 2.24) is 0 Å². The lowest BCUT2D eigenvalue weighted by molar-refractivity contribution is 0.349. The van der Waals surface area contributed by atoms with Crippen molar-refractivity contribution in [2.75, 3.05) is 6.26 Å². The second kappa shape index (κ2) is 4.88. The zero-order chi connectivity index (χ0) is 10.6. The van der Waals surface area contributed by atoms with E-state index in [4.69, 9.17) is 0 Å². The lowest BCUT2D eigenvalue weighted by Crippen LogP contribution is -2.13. The van der Waals surface area contributed by atoms with E-state index in [1.807, 2.05) is 0 Å². The number of thioether (sulfide) groups is 1. The van der Waals surface area contributed by atoms with Crippen LogP contribution in [0, 0.1) is 5.41 Å². The summed E-state index contributed by atoms with van der Waals surface area (Å²) in [4.78, 5) is 1.35. The van der Waals surface area contributed by atoms with Gasteiger partial charge in [0.15, 0.2) is 0 Å². The molecule has 0 nitrogen and oxygen atoms in total. The fourth-order valence-corrected chi connectivity index (χ4v) is 1.83. The third-order valence-corrected chi connectivity index (χ3v) is 3.54. The molecule has 78 valence electrons. The van der Waals surface area contributed by atoms with Gasteiger partial charge in [-0.2, -0.15) is 0 Å². The van der Waals surface area contributed by atoms with E-state index in [9.17, 15) is 0 Å². The first-order valence-electron chi connectivity index (χ1n) is 5.20. The highest BCUT2D eigenvalue weighted by Gasteiger charge is 2.15. The van der Waals surface area contributed by atoms with Gasteiger partial charge < -0.3 is 0 Å². The van der Waals surface area contributed by atoms with Gasteiger partial charge in [-0.15, -0.1) is 11.8 Å². The molecule has 0 bridgehead atoms. The lowest BCUT2D eigenvalue weighted by atomic mass is 9.83. The summed E-state index contributed by atoms with van der Waals surface area (Å²) < 4.78 is 0. The first kappa shape index (κ1) is 11.6. The van der Waals surface area contributed by atoms with Crippen LogP contribution in [0.1, 0.15) is 32.8 Å². The van der Waals surface area contributed by atoms with E-state index >= 15 is 0 Å². The van der Waals surface area contributed by atoms with Gasteiger partial charge in [-0.3, -0.25) is 0 Å². The molecular formula is C13H20S. The number of benzene rings is 1. The van der Waals surface area contributed by atoms with Crippen molar-refractivity contribution in [3.05, 3.63) is 29.8 Å². The monoisotopic (exact) mass is 208 g/mol. The average Bonchev–Trinajstić information content (AvgIpc) is 2.19. The molecule has 1 aromatic carbocycles. The number of hydrogen-bond donors (Lipinski definition) is 0. The van der Waals surface area contributed by atoms with Crippen LogP contribution in [-0.2, 0) is 6.42 Å². The van der Waals surface area contributed by atoms with Gasteiger partial charge in [0, 0.05) is 4.90 Å². The predicted molar refractivity (Wildman–Crippen MR) is 66.0 cm³/mol. The van der Waals surface area contributed by atoms with Crippen LogP contribution >= 0.6 is 11.8 Å². The van der Waals surface area contributed by atoms with E-state index in [2.05, 4.69) is 51.3 Å². The molecule has 0 heterocycles. The maximum Gasteiger partial charge on any atom is 0.00693 e. The van der Waals surface area contributed by atoms with Crippen LogP contribution in [0.4, 0.5) is 0 Å². The summed E-state index contributed by atoms with van der Waals surface area (Å²) >= 11 is 1.80. The molecule has 0 saturated carbocycles. The quantitative estimate of drug-likeness (QED) is 0.661. The van der Waals surface area contributed by atoms with E-state index in [1.165, 1.54) is 23.3 Å². The fraction of sp³-hybridized carbons (Fsp3) is 0.538. The van der Waals surface area contributed by atoms with Crippen molar-refractivity contribution in [2.24, 2.45) is 5.41 Å². The smallest absolute Gasteiger partial charge is 0.00693 e. The normalized spacial score (nSPS) is 11.7. The summed E-state index contributed by atoms with van der Waals surface area (Å²) in [5, 5.41) is 0. The summed E-state index contributed by atoms with van der Waals surface area (Å²) in [6, 6.07) is 8.93. The third kappa shape index (κ3) is 3.38. The molecule has 0 N–H and O–H groups in total. The average molecular weight is 208 g/mol. The zero-order valence-corrected chi connectivity index (χ0v) is 10.4. The molecule has 1 heteroatoms. The van der Waals surface area contributed by atoms with Gasteiger partial charge in [0.2, 0.25) is 0 Å². The fourth-order valence-electron chi connectivity index (χ4n) is 1.42. The first-order valence-corrected chi connectivity index (χ1v) is 6.43. The minimum atomic E-state index is 0.431. The Bertz CT molecular complexity index is 272. The summed E-state index contributed by atoms with van der Waals surface area (Å²) in [6.07, 6.45) is 4.53. The minimum absolute atomic E-state index is 0.431. The SMILES string of the molecule is CCC(C)(C)Cc1ccc(SC)cc1. The maximum absolute atomic E-state index is 2.33. The molecule has 1 rings (SSSR count).